The van der Waals surface area contributed by atoms with Crippen LogP contribution in [-0.4, -0.2) is 34.6 Å². The molecule has 9 heteroatoms. The number of nitrogens with zero attached hydrogens (tertiary/aromatic N) is 4. The number of hydrogen-bond donors (Lipinski definition) is 0. The summed E-state index contributed by atoms with van der Waals surface area (Å²) in [6, 6.07) is 4.45. The van der Waals surface area contributed by atoms with E-state index < -0.39 is 11.9 Å². The van der Waals surface area contributed by atoms with E-state index in [4.69, 9.17) is 16.3 Å². The van der Waals surface area contributed by atoms with Crippen LogP contribution in [0.2, 0.25) is 5.02 Å². The fourth-order valence-corrected chi connectivity index (χ4v) is 3.04. The minimum atomic E-state index is -4.48. The maximum absolute atomic E-state index is 12.9. The summed E-state index contributed by atoms with van der Waals surface area (Å²) in [6.45, 7) is 3.16. The zero-order valence-electron chi connectivity index (χ0n) is 14.1. The molecule has 3 rings (SSSR count). The number of anilines is 1. The first-order valence-electron chi connectivity index (χ1n) is 8.24. The van der Waals surface area contributed by atoms with Gasteiger partial charge in [-0.15, -0.1) is 0 Å². The number of piperidine rings is 1. The lowest BCUT2D eigenvalue weighted by molar-refractivity contribution is -0.141. The maximum Gasteiger partial charge on any atom is 0.433 e. The fourth-order valence-electron chi connectivity index (χ4n) is 2.86. The third-order valence-corrected chi connectivity index (χ3v) is 4.52. The molecule has 0 bridgehead atoms. The normalized spacial score (nSPS) is 16.0. The zero-order chi connectivity index (χ0) is 18.7. The largest absolute Gasteiger partial charge is 0.476 e. The minimum Gasteiger partial charge on any atom is -0.476 e. The van der Waals surface area contributed by atoms with Gasteiger partial charge < -0.3 is 9.64 Å². The molecule has 0 aliphatic carbocycles. The fraction of sp³-hybridized carbons (Fsp3) is 0.471. The topological polar surface area (TPSA) is 51.1 Å². The summed E-state index contributed by atoms with van der Waals surface area (Å²) in [6.07, 6.45) is -1.29. The van der Waals surface area contributed by atoms with Gasteiger partial charge in [-0.3, -0.25) is 0 Å². The van der Waals surface area contributed by atoms with Gasteiger partial charge in [0.25, 0.3) is 0 Å². The van der Waals surface area contributed by atoms with Crippen LogP contribution in [0.3, 0.4) is 0 Å². The molecule has 0 N–H and O–H groups in total. The number of aryl methyl sites for hydroxylation is 1. The number of aromatic nitrogens is 3. The summed E-state index contributed by atoms with van der Waals surface area (Å²) in [5.74, 6) is 1.12. The van der Waals surface area contributed by atoms with Gasteiger partial charge in [0.2, 0.25) is 5.88 Å². The van der Waals surface area contributed by atoms with Crippen LogP contribution < -0.4 is 9.64 Å². The summed E-state index contributed by atoms with van der Waals surface area (Å²) in [5, 5.41) is 0.459. The van der Waals surface area contributed by atoms with Crippen LogP contribution in [0.25, 0.3) is 0 Å². The quantitative estimate of drug-likeness (QED) is 0.790. The van der Waals surface area contributed by atoms with Crippen molar-refractivity contribution < 1.29 is 17.9 Å². The molecule has 1 saturated heterocycles. The molecule has 1 fully saturated rings. The van der Waals surface area contributed by atoms with E-state index in [1.807, 2.05) is 4.90 Å². The zero-order valence-corrected chi connectivity index (χ0v) is 14.9. The molecule has 0 saturated carbocycles. The Hall–Kier alpha value is -2.09. The second-order valence-corrected chi connectivity index (χ2v) is 6.60. The molecular formula is C17H18ClF3N4O. The Morgan fingerprint density at radius 2 is 2.00 bits per heavy atom. The van der Waals surface area contributed by atoms with Crippen LogP contribution in [-0.2, 0) is 6.18 Å². The molecule has 26 heavy (non-hydrogen) atoms. The number of alkyl halides is 3. The molecular weight excluding hydrogens is 369 g/mol. The number of halogens is 4. The Kier molecular flexibility index (Phi) is 5.50. The predicted molar refractivity (Wildman–Crippen MR) is 91.5 cm³/mol. The highest BCUT2D eigenvalue weighted by molar-refractivity contribution is 6.31. The summed E-state index contributed by atoms with van der Waals surface area (Å²) < 4.78 is 44.5. The van der Waals surface area contributed by atoms with E-state index in [1.54, 1.807) is 18.3 Å². The second kappa shape index (κ2) is 7.65. The van der Waals surface area contributed by atoms with Crippen LogP contribution in [0.4, 0.5) is 19.0 Å². The molecule has 0 amide bonds. The van der Waals surface area contributed by atoms with Crippen molar-refractivity contribution in [2.45, 2.75) is 25.9 Å². The first kappa shape index (κ1) is 18.7. The molecule has 3 heterocycles. The molecule has 2 aromatic heterocycles. The first-order chi connectivity index (χ1) is 12.3. The molecule has 1 aliphatic rings. The third kappa shape index (κ3) is 4.55. The van der Waals surface area contributed by atoms with Gasteiger partial charge in [-0.05, 0) is 37.8 Å². The van der Waals surface area contributed by atoms with Crippen LogP contribution >= 0.6 is 11.6 Å². The summed E-state index contributed by atoms with van der Waals surface area (Å²) >= 11 is 6.01. The average molecular weight is 387 g/mol. The summed E-state index contributed by atoms with van der Waals surface area (Å²) in [4.78, 5) is 13.6. The molecule has 5 nitrogen and oxygen atoms in total. The highest BCUT2D eigenvalue weighted by atomic mass is 35.5. The lowest BCUT2D eigenvalue weighted by Crippen LogP contribution is -2.36. The third-order valence-electron chi connectivity index (χ3n) is 4.23. The van der Waals surface area contributed by atoms with Crippen molar-refractivity contribution in [2.75, 3.05) is 24.6 Å². The summed E-state index contributed by atoms with van der Waals surface area (Å²) in [7, 11) is 0. The van der Waals surface area contributed by atoms with E-state index in [2.05, 4.69) is 15.0 Å². The SMILES string of the molecule is Cc1nc(N2CCC(COc3ncccc3Cl)CC2)cc(C(F)(F)F)n1. The van der Waals surface area contributed by atoms with Gasteiger partial charge in [-0.25, -0.2) is 15.0 Å². The van der Waals surface area contributed by atoms with E-state index in [0.29, 0.717) is 36.4 Å². The van der Waals surface area contributed by atoms with Crippen molar-refractivity contribution in [3.63, 3.8) is 0 Å². The van der Waals surface area contributed by atoms with E-state index in [1.165, 1.54) is 6.92 Å². The highest BCUT2D eigenvalue weighted by Crippen LogP contribution is 2.31. The first-order valence-corrected chi connectivity index (χ1v) is 8.62. The van der Waals surface area contributed by atoms with Crippen molar-refractivity contribution in [1.82, 2.24) is 15.0 Å². The van der Waals surface area contributed by atoms with E-state index in [-0.39, 0.29) is 11.7 Å². The smallest absolute Gasteiger partial charge is 0.433 e. The Morgan fingerprint density at radius 1 is 1.27 bits per heavy atom. The minimum absolute atomic E-state index is 0.116. The molecule has 0 atom stereocenters. The monoisotopic (exact) mass is 386 g/mol. The molecule has 1 aliphatic heterocycles. The molecule has 0 aromatic carbocycles. The van der Waals surface area contributed by atoms with E-state index >= 15 is 0 Å². The van der Waals surface area contributed by atoms with Crippen molar-refractivity contribution in [2.24, 2.45) is 5.92 Å². The average Bonchev–Trinajstić information content (AvgIpc) is 2.60. The van der Waals surface area contributed by atoms with E-state index in [0.717, 1.165) is 18.9 Å². The van der Waals surface area contributed by atoms with E-state index in [9.17, 15) is 13.2 Å². The van der Waals surface area contributed by atoms with Crippen molar-refractivity contribution in [1.29, 1.82) is 0 Å². The lowest BCUT2D eigenvalue weighted by Gasteiger charge is -2.33. The Labute approximate surface area is 154 Å². The van der Waals surface area contributed by atoms with Crippen LogP contribution in [0.1, 0.15) is 24.4 Å². The number of ether oxygens (including phenoxy) is 1. The lowest BCUT2D eigenvalue weighted by atomic mass is 9.98. The maximum atomic E-state index is 12.9. The van der Waals surface area contributed by atoms with Gasteiger partial charge in [-0.2, -0.15) is 13.2 Å². The second-order valence-electron chi connectivity index (χ2n) is 6.19. The molecule has 2 aromatic rings. The Balaban J connectivity index is 1.59. The van der Waals surface area contributed by atoms with Gasteiger partial charge in [0, 0.05) is 25.4 Å². The van der Waals surface area contributed by atoms with Gasteiger partial charge in [0.1, 0.15) is 22.4 Å². The van der Waals surface area contributed by atoms with Crippen LogP contribution in [0, 0.1) is 12.8 Å². The highest BCUT2D eigenvalue weighted by Gasteiger charge is 2.34. The number of pyridine rings is 1. The standard InChI is InChI=1S/C17H18ClF3N4O/c1-11-23-14(17(19,20)21)9-15(24-11)25-7-4-12(5-8-25)10-26-16-13(18)3-2-6-22-16/h2-3,6,9,12H,4-5,7-8,10H2,1H3. The molecule has 0 spiro atoms. The van der Waals surface area contributed by atoms with Crippen molar-refractivity contribution in [3.05, 3.63) is 40.9 Å². The summed E-state index contributed by atoms with van der Waals surface area (Å²) in [5.41, 5.74) is -0.907. The number of hydrogen-bond acceptors (Lipinski definition) is 5. The van der Waals surface area contributed by atoms with Crippen molar-refractivity contribution in [3.8, 4) is 5.88 Å². The molecule has 0 unspecified atom stereocenters. The number of rotatable bonds is 4. The predicted octanol–water partition coefficient (Wildman–Crippen LogP) is 4.15. The molecule has 0 radical (unpaired) electrons. The van der Waals surface area contributed by atoms with Gasteiger partial charge in [0.15, 0.2) is 0 Å². The molecule has 140 valence electrons. The Morgan fingerprint density at radius 3 is 2.65 bits per heavy atom. The van der Waals surface area contributed by atoms with Gasteiger partial charge >= 0.3 is 6.18 Å². The van der Waals surface area contributed by atoms with Crippen molar-refractivity contribution >= 4 is 17.4 Å². The van der Waals surface area contributed by atoms with Gasteiger partial charge in [0.05, 0.1) is 6.61 Å². The van der Waals surface area contributed by atoms with Crippen LogP contribution in [0.5, 0.6) is 5.88 Å². The van der Waals surface area contributed by atoms with Gasteiger partial charge in [-0.1, -0.05) is 11.6 Å². The Bertz CT molecular complexity index is 764. The van der Waals surface area contributed by atoms with Crippen LogP contribution in [0.15, 0.2) is 24.4 Å².